The van der Waals surface area contributed by atoms with Crippen LogP contribution in [0.1, 0.15) is 110 Å². The Bertz CT molecular complexity index is 617. The molecule has 0 saturated heterocycles. The number of carbonyl (C=O) groups is 2. The van der Waals surface area contributed by atoms with Crippen LogP contribution in [-0.4, -0.2) is 34.7 Å². The van der Waals surface area contributed by atoms with Crippen molar-refractivity contribution in [3.05, 3.63) is 12.2 Å². The van der Waals surface area contributed by atoms with Gasteiger partial charge < -0.3 is 10.8 Å². The molecule has 0 rings (SSSR count). The zero-order valence-electron chi connectivity index (χ0n) is 18.5. The Kier molecular flexibility index (Phi) is 15.5. The number of unbranched alkanes of at least 4 members (excludes halogenated alkanes) is 12. The van der Waals surface area contributed by atoms with Crippen LogP contribution in [0.25, 0.3) is 0 Å². The van der Waals surface area contributed by atoms with E-state index in [9.17, 15) is 27.7 Å². The lowest BCUT2D eigenvalue weighted by molar-refractivity contribution is -0.142. The summed E-state index contributed by atoms with van der Waals surface area (Å²) >= 11 is 0. The Morgan fingerprint density at radius 2 is 1.27 bits per heavy atom. The van der Waals surface area contributed by atoms with Gasteiger partial charge in [0.15, 0.2) is 0 Å². The van der Waals surface area contributed by atoms with Gasteiger partial charge in [-0.2, -0.15) is 8.42 Å². The number of nitrogens with two attached hydrogens (primary N) is 1. The van der Waals surface area contributed by atoms with E-state index in [-0.39, 0.29) is 12.8 Å². The van der Waals surface area contributed by atoms with Gasteiger partial charge in [-0.15, -0.1) is 0 Å². The minimum atomic E-state index is -4.95. The molecule has 0 heterocycles. The van der Waals surface area contributed by atoms with Crippen molar-refractivity contribution in [2.75, 3.05) is 0 Å². The lowest BCUT2D eigenvalue weighted by Gasteiger charge is -2.24. The molecule has 0 aliphatic carbocycles. The number of allylic oxidation sites excluding steroid dienone is 2. The summed E-state index contributed by atoms with van der Waals surface area (Å²) < 4.78 is 30.0. The fraction of sp³-hybridized carbons (Fsp3) is 0.818. The third-order valence-corrected chi connectivity index (χ3v) is 6.95. The summed E-state index contributed by atoms with van der Waals surface area (Å²) in [6.45, 7) is 2.23. The van der Waals surface area contributed by atoms with Crippen LogP contribution in [0.2, 0.25) is 0 Å². The molecule has 176 valence electrons. The number of aliphatic carboxylic acids is 1. The van der Waals surface area contributed by atoms with Crippen molar-refractivity contribution < 1.29 is 27.7 Å². The minimum Gasteiger partial charge on any atom is -0.480 e. The molecule has 0 bridgehead atoms. The molecule has 30 heavy (non-hydrogen) atoms. The molecule has 1 unspecified atom stereocenters. The van der Waals surface area contributed by atoms with Crippen molar-refractivity contribution in [3.63, 3.8) is 0 Å². The van der Waals surface area contributed by atoms with Crippen LogP contribution in [0, 0.1) is 0 Å². The highest BCUT2D eigenvalue weighted by Gasteiger charge is 2.51. The average Bonchev–Trinajstić information content (AvgIpc) is 2.65. The van der Waals surface area contributed by atoms with E-state index in [0.717, 1.165) is 38.5 Å². The highest BCUT2D eigenvalue weighted by Crippen LogP contribution is 2.29. The van der Waals surface area contributed by atoms with E-state index in [2.05, 4.69) is 19.1 Å². The Morgan fingerprint density at radius 1 is 0.833 bits per heavy atom. The minimum absolute atomic E-state index is 0.289. The van der Waals surface area contributed by atoms with Gasteiger partial charge in [0, 0.05) is 0 Å². The van der Waals surface area contributed by atoms with Gasteiger partial charge in [-0.25, -0.2) is 0 Å². The van der Waals surface area contributed by atoms with Crippen LogP contribution in [0.3, 0.4) is 0 Å². The van der Waals surface area contributed by atoms with Gasteiger partial charge in [0.25, 0.3) is 10.1 Å². The largest absolute Gasteiger partial charge is 0.480 e. The van der Waals surface area contributed by atoms with Crippen molar-refractivity contribution in [3.8, 4) is 0 Å². The van der Waals surface area contributed by atoms with Gasteiger partial charge in [-0.05, 0) is 32.1 Å². The summed E-state index contributed by atoms with van der Waals surface area (Å²) in [6, 6.07) is 0. The molecule has 0 aromatic rings. The molecule has 0 aliphatic rings. The standard InChI is InChI=1S/C22H41NO6S/c1-2-3-4-5-6-7-8-9-10-11-12-13-14-15-16-17-18-22(21(25)26,19-20(23)24)30(27,28)29/h9-10H,2-8,11-19H2,1H3,(H2,23,24)(H,25,26)(H,27,28,29). The maximum absolute atomic E-state index is 11.6. The van der Waals surface area contributed by atoms with Gasteiger partial charge in [0.1, 0.15) is 0 Å². The zero-order chi connectivity index (χ0) is 22.9. The van der Waals surface area contributed by atoms with Crippen LogP contribution in [0.15, 0.2) is 12.2 Å². The molecule has 1 atom stereocenters. The Hall–Kier alpha value is -1.41. The SMILES string of the molecule is CCCCCCCCC=CCCCCCCCCC(CC(N)=O)(C(=O)O)S(=O)(=O)O. The fourth-order valence-corrected chi connectivity index (χ4v) is 4.49. The molecule has 0 aliphatic heterocycles. The molecule has 0 aromatic carbocycles. The molecule has 8 heteroatoms. The predicted molar refractivity (Wildman–Crippen MR) is 120 cm³/mol. The maximum Gasteiger partial charge on any atom is 0.328 e. The molecule has 0 radical (unpaired) electrons. The van der Waals surface area contributed by atoms with Crippen LogP contribution in [0.4, 0.5) is 0 Å². The van der Waals surface area contributed by atoms with Gasteiger partial charge in [0.2, 0.25) is 10.7 Å². The van der Waals surface area contributed by atoms with Gasteiger partial charge in [-0.1, -0.05) is 83.3 Å². The summed E-state index contributed by atoms with van der Waals surface area (Å²) in [5, 5.41) is 9.28. The Morgan fingerprint density at radius 3 is 1.67 bits per heavy atom. The first-order chi connectivity index (χ1) is 14.2. The van der Waals surface area contributed by atoms with E-state index < -0.39 is 33.2 Å². The summed E-state index contributed by atoms with van der Waals surface area (Å²) in [7, 11) is -4.95. The second kappa shape index (κ2) is 16.3. The van der Waals surface area contributed by atoms with E-state index in [1.54, 1.807) is 0 Å². The zero-order valence-corrected chi connectivity index (χ0v) is 19.3. The van der Waals surface area contributed by atoms with E-state index in [1.165, 1.54) is 38.5 Å². The smallest absolute Gasteiger partial charge is 0.328 e. The number of rotatable bonds is 20. The lowest BCUT2D eigenvalue weighted by Crippen LogP contribution is -2.49. The third kappa shape index (κ3) is 12.3. The summed E-state index contributed by atoms with van der Waals surface area (Å²) in [4.78, 5) is 22.6. The molecule has 0 aromatic heterocycles. The summed E-state index contributed by atoms with van der Waals surface area (Å²) in [5.74, 6) is -2.81. The number of amides is 1. The number of carboxylic acids is 1. The van der Waals surface area contributed by atoms with E-state index in [1.807, 2.05) is 0 Å². The Labute approximate surface area is 182 Å². The topological polar surface area (TPSA) is 135 Å². The van der Waals surface area contributed by atoms with Crippen molar-refractivity contribution in [1.82, 2.24) is 0 Å². The molecule has 1 amide bonds. The normalized spacial score (nSPS) is 14.1. The second-order valence-corrected chi connectivity index (χ2v) is 9.84. The van der Waals surface area contributed by atoms with E-state index in [4.69, 9.17) is 5.73 Å². The molecule has 7 nitrogen and oxygen atoms in total. The first-order valence-electron chi connectivity index (χ1n) is 11.3. The van der Waals surface area contributed by atoms with Gasteiger partial charge >= 0.3 is 5.97 Å². The van der Waals surface area contributed by atoms with E-state index >= 15 is 0 Å². The average molecular weight is 448 g/mol. The highest BCUT2D eigenvalue weighted by atomic mass is 32.2. The van der Waals surface area contributed by atoms with Gasteiger partial charge in [-0.3, -0.25) is 14.1 Å². The number of hydrogen-bond acceptors (Lipinski definition) is 4. The number of carbonyl (C=O) groups excluding carboxylic acids is 1. The van der Waals surface area contributed by atoms with E-state index in [0.29, 0.717) is 6.42 Å². The lowest BCUT2D eigenvalue weighted by atomic mass is 9.95. The third-order valence-electron chi connectivity index (χ3n) is 5.44. The molecule has 4 N–H and O–H groups in total. The molecular weight excluding hydrogens is 406 g/mol. The van der Waals surface area contributed by atoms with Crippen LogP contribution in [0.5, 0.6) is 0 Å². The molecule has 0 spiro atoms. The van der Waals surface area contributed by atoms with Crippen molar-refractivity contribution >= 4 is 22.0 Å². The summed E-state index contributed by atoms with van der Waals surface area (Å²) in [5.41, 5.74) is 4.99. The number of carboxylic acid groups (broad SMARTS) is 1. The summed E-state index contributed by atoms with van der Waals surface area (Å²) in [6.07, 6.45) is 18.2. The fourth-order valence-electron chi connectivity index (χ4n) is 3.54. The second-order valence-electron chi connectivity index (χ2n) is 8.11. The predicted octanol–water partition coefficient (Wildman–Crippen LogP) is 5.00. The van der Waals surface area contributed by atoms with Crippen LogP contribution in [-0.2, 0) is 19.7 Å². The monoisotopic (exact) mass is 447 g/mol. The Balaban J connectivity index is 3.91. The number of hydrogen-bond donors (Lipinski definition) is 3. The van der Waals surface area contributed by atoms with Crippen molar-refractivity contribution in [2.24, 2.45) is 5.73 Å². The molecule has 0 fully saturated rings. The van der Waals surface area contributed by atoms with Crippen molar-refractivity contribution in [2.45, 2.75) is 114 Å². The molecular formula is C22H41NO6S. The highest BCUT2D eigenvalue weighted by molar-refractivity contribution is 7.88. The molecule has 0 saturated carbocycles. The quantitative estimate of drug-likeness (QED) is 0.136. The van der Waals surface area contributed by atoms with Crippen LogP contribution >= 0.6 is 0 Å². The van der Waals surface area contributed by atoms with Gasteiger partial charge in [0.05, 0.1) is 6.42 Å². The van der Waals surface area contributed by atoms with Crippen molar-refractivity contribution in [1.29, 1.82) is 0 Å². The first kappa shape index (κ1) is 28.6. The maximum atomic E-state index is 11.6. The first-order valence-corrected chi connectivity index (χ1v) is 12.7. The van der Waals surface area contributed by atoms with Crippen LogP contribution < -0.4 is 5.73 Å². The number of primary amides is 1.